The van der Waals surface area contributed by atoms with Crippen LogP contribution in [0.15, 0.2) is 35.5 Å². The Morgan fingerprint density at radius 1 is 0.878 bits per heavy atom. The van der Waals surface area contributed by atoms with Crippen molar-refractivity contribution in [3.63, 3.8) is 0 Å². The number of ether oxygens (including phenoxy) is 4. The number of nitrogens with one attached hydrogen (secondary N) is 1. The minimum Gasteiger partial charge on any atom is -0.462 e. The first-order valence-corrected chi connectivity index (χ1v) is 13.4. The minimum absolute atomic E-state index is 0.156. The van der Waals surface area contributed by atoms with E-state index in [4.69, 9.17) is 18.9 Å². The molecule has 1 aromatic carbocycles. The Balaban J connectivity index is 2.30. The summed E-state index contributed by atoms with van der Waals surface area (Å²) in [5.74, 6) is -2.57. The molecule has 2 aromatic rings. The molecule has 0 aliphatic rings. The lowest BCUT2D eigenvalue weighted by atomic mass is 10.00. The van der Waals surface area contributed by atoms with Crippen LogP contribution in [0.3, 0.4) is 0 Å². The first-order valence-electron chi connectivity index (χ1n) is 13.4. The normalized spacial score (nSPS) is 13.9. The summed E-state index contributed by atoms with van der Waals surface area (Å²) in [6.07, 6.45) is 1.50. The second-order valence-electron chi connectivity index (χ2n) is 12.7. The van der Waals surface area contributed by atoms with Gasteiger partial charge in [0, 0.05) is 30.4 Å². The van der Waals surface area contributed by atoms with E-state index in [-0.39, 0.29) is 6.42 Å². The van der Waals surface area contributed by atoms with Crippen molar-refractivity contribution < 1.29 is 38.1 Å². The smallest absolute Gasteiger partial charge is 0.433 e. The third-order valence-corrected chi connectivity index (χ3v) is 5.25. The molecule has 2 atom stereocenters. The lowest BCUT2D eigenvalue weighted by Crippen LogP contribution is -2.49. The number of hydrogen-bond donors (Lipinski definition) is 1. The fraction of sp³-hybridized carbons (Fsp3) is 0.567. The summed E-state index contributed by atoms with van der Waals surface area (Å²) < 4.78 is 23.3. The molecule has 0 bridgehead atoms. The van der Waals surface area contributed by atoms with E-state index in [1.165, 1.54) is 6.21 Å². The molecule has 0 aliphatic heterocycles. The minimum atomic E-state index is -1.34. The summed E-state index contributed by atoms with van der Waals surface area (Å²) in [6.45, 7) is 14.6. The van der Waals surface area contributed by atoms with E-state index in [0.29, 0.717) is 0 Å². The lowest BCUT2D eigenvalue weighted by Gasteiger charge is -2.26. The molecular weight excluding hydrogens is 530 g/mol. The van der Waals surface area contributed by atoms with Crippen LogP contribution in [-0.4, -0.2) is 64.4 Å². The Hall–Kier alpha value is -3.89. The van der Waals surface area contributed by atoms with Crippen LogP contribution in [0.25, 0.3) is 10.9 Å². The van der Waals surface area contributed by atoms with Crippen LogP contribution in [0, 0.1) is 5.92 Å². The van der Waals surface area contributed by atoms with E-state index in [1.807, 2.05) is 42.1 Å². The predicted octanol–water partition coefficient (Wildman–Crippen LogP) is 5.12. The van der Waals surface area contributed by atoms with Gasteiger partial charge in [-0.25, -0.2) is 14.4 Å². The molecule has 0 spiro atoms. The van der Waals surface area contributed by atoms with E-state index in [9.17, 15) is 19.2 Å². The third-order valence-electron chi connectivity index (χ3n) is 5.25. The summed E-state index contributed by atoms with van der Waals surface area (Å²) in [6, 6.07) is 6.35. The van der Waals surface area contributed by atoms with Crippen LogP contribution >= 0.6 is 0 Å². The van der Waals surface area contributed by atoms with Crippen molar-refractivity contribution in [1.82, 2.24) is 9.88 Å². The average Bonchev–Trinajstić information content (AvgIpc) is 3.11. The zero-order valence-corrected chi connectivity index (χ0v) is 25.7. The number of carbonyl (C=O) groups excluding carboxylic acids is 4. The molecule has 226 valence electrons. The molecule has 1 N–H and O–H groups in total. The van der Waals surface area contributed by atoms with E-state index in [0.717, 1.165) is 16.5 Å². The van der Waals surface area contributed by atoms with Crippen molar-refractivity contribution >= 4 is 41.2 Å². The molecule has 0 fully saturated rings. The largest absolute Gasteiger partial charge is 0.462 e. The number of esters is 2. The van der Waals surface area contributed by atoms with Crippen molar-refractivity contribution in [1.29, 1.82) is 0 Å². The number of fused-ring (bicyclic) bond motifs is 1. The summed E-state index contributed by atoms with van der Waals surface area (Å²) in [5, 5.41) is 3.35. The van der Waals surface area contributed by atoms with Crippen molar-refractivity contribution in [2.24, 2.45) is 18.0 Å². The molecule has 1 heterocycles. The van der Waals surface area contributed by atoms with Crippen molar-refractivity contribution in [3.05, 3.63) is 36.0 Å². The summed E-state index contributed by atoms with van der Waals surface area (Å²) in [7, 11) is 1.89. The van der Waals surface area contributed by atoms with Gasteiger partial charge in [-0.2, -0.15) is 4.99 Å². The number of aryl methyl sites for hydroxylation is 1. The van der Waals surface area contributed by atoms with Crippen LogP contribution in [0.2, 0.25) is 0 Å². The molecule has 0 saturated carbocycles. The predicted molar refractivity (Wildman–Crippen MR) is 155 cm³/mol. The number of carbonyl (C=O) groups is 4. The molecule has 0 aliphatic carbocycles. The van der Waals surface area contributed by atoms with E-state index < -0.39 is 59.5 Å². The van der Waals surface area contributed by atoms with Crippen molar-refractivity contribution in [2.75, 3.05) is 6.61 Å². The number of amides is 2. The quantitative estimate of drug-likeness (QED) is 0.261. The van der Waals surface area contributed by atoms with Gasteiger partial charge in [0.2, 0.25) is 0 Å². The van der Waals surface area contributed by atoms with E-state index >= 15 is 0 Å². The van der Waals surface area contributed by atoms with Crippen LogP contribution in [0.5, 0.6) is 0 Å². The van der Waals surface area contributed by atoms with Crippen LogP contribution in [0.1, 0.15) is 67.9 Å². The first kappa shape index (κ1) is 33.3. The maximum absolute atomic E-state index is 13.3. The fourth-order valence-corrected chi connectivity index (χ4v) is 3.73. The highest BCUT2D eigenvalue weighted by atomic mass is 16.6. The van der Waals surface area contributed by atoms with Gasteiger partial charge < -0.3 is 28.8 Å². The standard InChI is InChI=1S/C30H43N3O8/c1-28(2,3)39-25(35)22(32-27(37)41-30(7,8)9)18-38-24(34)19(16-31-26(36)40-29(4,5)6)15-20-17-33(10)23-14-12-11-13-21(20)23/h11-14,16-17,19,22H,15,18H2,1-10H3,(H,32,37)/t19?,22-/m0/s1. The van der Waals surface area contributed by atoms with Crippen LogP contribution in [0.4, 0.5) is 9.59 Å². The van der Waals surface area contributed by atoms with Gasteiger partial charge in [0.25, 0.3) is 0 Å². The number of nitrogens with zero attached hydrogens (tertiary/aromatic N) is 2. The van der Waals surface area contributed by atoms with Gasteiger partial charge in [0.05, 0.1) is 5.92 Å². The Bertz CT molecular complexity index is 1280. The number of aliphatic imine (C=N–C) groups is 1. The van der Waals surface area contributed by atoms with E-state index in [1.54, 1.807) is 62.3 Å². The van der Waals surface area contributed by atoms with E-state index in [2.05, 4.69) is 10.3 Å². The number of benzene rings is 1. The summed E-state index contributed by atoms with van der Waals surface area (Å²) in [5.41, 5.74) is -0.651. The van der Waals surface area contributed by atoms with Gasteiger partial charge in [-0.05, 0) is 80.4 Å². The topological polar surface area (TPSA) is 135 Å². The Labute approximate surface area is 241 Å². The van der Waals surface area contributed by atoms with Gasteiger partial charge in [0.1, 0.15) is 23.4 Å². The SMILES string of the molecule is Cn1cc(CC(C=NC(=O)OC(C)(C)C)C(=O)OC[C@H](NC(=O)OC(C)(C)C)C(=O)OC(C)(C)C)c2ccccc21. The second-order valence-corrected chi connectivity index (χ2v) is 12.7. The number of aromatic nitrogens is 1. The van der Waals surface area contributed by atoms with Crippen molar-refractivity contribution in [3.8, 4) is 0 Å². The maximum Gasteiger partial charge on any atom is 0.433 e. The Morgan fingerprint density at radius 2 is 1.46 bits per heavy atom. The maximum atomic E-state index is 13.3. The Kier molecular flexibility index (Phi) is 10.7. The third kappa shape index (κ3) is 11.6. The van der Waals surface area contributed by atoms with Gasteiger partial charge in [0.15, 0.2) is 6.04 Å². The number of hydrogen-bond acceptors (Lipinski definition) is 8. The molecule has 1 aromatic heterocycles. The molecule has 1 unspecified atom stereocenters. The van der Waals surface area contributed by atoms with Gasteiger partial charge in [-0.15, -0.1) is 0 Å². The monoisotopic (exact) mass is 573 g/mol. The molecule has 41 heavy (non-hydrogen) atoms. The van der Waals surface area contributed by atoms with Gasteiger partial charge in [-0.3, -0.25) is 4.79 Å². The zero-order valence-electron chi connectivity index (χ0n) is 25.7. The van der Waals surface area contributed by atoms with Crippen LogP contribution in [-0.2, 0) is 42.0 Å². The van der Waals surface area contributed by atoms with Crippen LogP contribution < -0.4 is 5.32 Å². The number of para-hydroxylation sites is 1. The number of rotatable bonds is 8. The average molecular weight is 574 g/mol. The highest BCUT2D eigenvalue weighted by molar-refractivity contribution is 5.95. The molecule has 11 nitrogen and oxygen atoms in total. The van der Waals surface area contributed by atoms with Crippen molar-refractivity contribution in [2.45, 2.75) is 91.6 Å². The second kappa shape index (κ2) is 13.2. The van der Waals surface area contributed by atoms with Gasteiger partial charge in [-0.1, -0.05) is 18.2 Å². The zero-order chi connectivity index (χ0) is 31.2. The fourth-order valence-electron chi connectivity index (χ4n) is 3.73. The first-order chi connectivity index (χ1) is 18.7. The molecule has 11 heteroatoms. The Morgan fingerprint density at radius 3 is 2.05 bits per heavy atom. The molecule has 2 amide bonds. The molecule has 2 rings (SSSR count). The number of alkyl carbamates (subject to hydrolysis) is 1. The lowest BCUT2D eigenvalue weighted by molar-refractivity contribution is -0.161. The molecule has 0 radical (unpaired) electrons. The summed E-state index contributed by atoms with van der Waals surface area (Å²) >= 11 is 0. The highest BCUT2D eigenvalue weighted by Crippen LogP contribution is 2.23. The summed E-state index contributed by atoms with van der Waals surface area (Å²) in [4.78, 5) is 54.7. The highest BCUT2D eigenvalue weighted by Gasteiger charge is 2.31. The molecule has 0 saturated heterocycles. The van der Waals surface area contributed by atoms with Gasteiger partial charge >= 0.3 is 24.1 Å². The molecular formula is C30H43N3O8.